The molecule has 0 unspecified atom stereocenters. The van der Waals surface area contributed by atoms with Gasteiger partial charge in [-0.3, -0.25) is 0 Å². The second kappa shape index (κ2) is 3.92. The number of hydrogen-bond donors (Lipinski definition) is 1. The van der Waals surface area contributed by atoms with Crippen LogP contribution in [0.15, 0.2) is 22.6 Å². The molecule has 0 aliphatic rings. The molecule has 1 aromatic carbocycles. The van der Waals surface area contributed by atoms with Crippen LogP contribution in [0.5, 0.6) is 0 Å². The van der Waals surface area contributed by atoms with Gasteiger partial charge in [0.15, 0.2) is 0 Å². The van der Waals surface area contributed by atoms with Gasteiger partial charge in [-0.25, -0.2) is 4.39 Å². The van der Waals surface area contributed by atoms with Gasteiger partial charge in [0.1, 0.15) is 5.82 Å². The minimum atomic E-state index is -0.380. The molecular weight excluding hydrogens is 209 g/mol. The molecule has 0 saturated carbocycles. The lowest BCUT2D eigenvalue weighted by atomic mass is 9.97. The fourth-order valence-corrected chi connectivity index (χ4v) is 1.58. The highest BCUT2D eigenvalue weighted by atomic mass is 19.1. The Morgan fingerprint density at radius 3 is 2.62 bits per heavy atom. The van der Waals surface area contributed by atoms with Gasteiger partial charge in [-0.15, -0.1) is 5.10 Å². The van der Waals surface area contributed by atoms with E-state index in [4.69, 9.17) is 10.2 Å². The Kier molecular flexibility index (Phi) is 2.60. The topological polar surface area (TPSA) is 64.9 Å². The highest BCUT2D eigenvalue weighted by Gasteiger charge is 2.18. The first kappa shape index (κ1) is 10.6. The monoisotopic (exact) mass is 221 g/mol. The number of anilines is 1. The largest absolute Gasteiger partial charge is 0.403 e. The summed E-state index contributed by atoms with van der Waals surface area (Å²) in [6.07, 6.45) is 0. The first-order valence-electron chi connectivity index (χ1n) is 4.97. The van der Waals surface area contributed by atoms with Crippen molar-refractivity contribution in [1.82, 2.24) is 10.2 Å². The number of benzene rings is 1. The zero-order valence-corrected chi connectivity index (χ0v) is 9.07. The van der Waals surface area contributed by atoms with Crippen LogP contribution in [0.2, 0.25) is 0 Å². The van der Waals surface area contributed by atoms with Crippen LogP contribution in [0.4, 0.5) is 10.4 Å². The third-order valence-corrected chi connectivity index (χ3v) is 2.32. The van der Waals surface area contributed by atoms with Crippen LogP contribution in [0, 0.1) is 5.82 Å². The number of rotatable bonds is 2. The molecule has 4 nitrogen and oxygen atoms in total. The van der Waals surface area contributed by atoms with Crippen molar-refractivity contribution in [3.05, 3.63) is 29.6 Å². The first-order chi connectivity index (χ1) is 7.59. The molecule has 1 aromatic heterocycles. The Labute approximate surface area is 92.3 Å². The van der Waals surface area contributed by atoms with Gasteiger partial charge < -0.3 is 10.2 Å². The molecule has 84 valence electrons. The summed E-state index contributed by atoms with van der Waals surface area (Å²) in [7, 11) is 0. The van der Waals surface area contributed by atoms with E-state index in [9.17, 15) is 4.39 Å². The quantitative estimate of drug-likeness (QED) is 0.846. The zero-order chi connectivity index (χ0) is 11.7. The molecule has 0 spiro atoms. The summed E-state index contributed by atoms with van der Waals surface area (Å²) in [6.45, 7) is 3.94. The van der Waals surface area contributed by atoms with Crippen molar-refractivity contribution < 1.29 is 8.81 Å². The number of aromatic nitrogens is 2. The summed E-state index contributed by atoms with van der Waals surface area (Å²) >= 11 is 0. The van der Waals surface area contributed by atoms with Crippen molar-refractivity contribution >= 4 is 6.01 Å². The van der Waals surface area contributed by atoms with E-state index in [0.717, 1.165) is 5.56 Å². The molecule has 0 saturated heterocycles. The Bertz CT molecular complexity index is 508. The highest BCUT2D eigenvalue weighted by molar-refractivity contribution is 5.60. The van der Waals surface area contributed by atoms with E-state index in [1.54, 1.807) is 6.07 Å². The third-order valence-electron chi connectivity index (χ3n) is 2.32. The van der Waals surface area contributed by atoms with Crippen LogP contribution in [0.1, 0.15) is 25.3 Å². The Balaban J connectivity index is 2.62. The van der Waals surface area contributed by atoms with Gasteiger partial charge in [-0.1, -0.05) is 31.1 Å². The van der Waals surface area contributed by atoms with Crippen molar-refractivity contribution in [2.24, 2.45) is 0 Å². The van der Waals surface area contributed by atoms with Crippen molar-refractivity contribution in [3.63, 3.8) is 0 Å². The maximum atomic E-state index is 13.7. The average Bonchev–Trinajstić information content (AvgIpc) is 2.64. The van der Waals surface area contributed by atoms with E-state index in [1.807, 2.05) is 19.9 Å². The van der Waals surface area contributed by atoms with E-state index in [2.05, 4.69) is 10.2 Å². The van der Waals surface area contributed by atoms with Gasteiger partial charge in [-0.05, 0) is 17.5 Å². The number of hydrogen-bond acceptors (Lipinski definition) is 4. The minimum absolute atomic E-state index is 0.0621. The summed E-state index contributed by atoms with van der Waals surface area (Å²) in [5, 5.41) is 7.24. The summed E-state index contributed by atoms with van der Waals surface area (Å²) < 4.78 is 18.8. The molecule has 5 heteroatoms. The Morgan fingerprint density at radius 1 is 1.31 bits per heavy atom. The van der Waals surface area contributed by atoms with Gasteiger partial charge in [0.2, 0.25) is 0 Å². The highest BCUT2D eigenvalue weighted by Crippen LogP contribution is 2.30. The third kappa shape index (κ3) is 1.76. The lowest BCUT2D eigenvalue weighted by Crippen LogP contribution is -1.95. The fourth-order valence-electron chi connectivity index (χ4n) is 1.58. The number of nitrogens with zero attached hydrogens (tertiary/aromatic N) is 2. The summed E-state index contributed by atoms with van der Waals surface area (Å²) in [6, 6.07) is 4.80. The second-order valence-corrected chi connectivity index (χ2v) is 3.80. The molecule has 0 aliphatic carbocycles. The van der Waals surface area contributed by atoms with E-state index in [0.29, 0.717) is 5.56 Å². The predicted octanol–water partition coefficient (Wildman–Crippen LogP) is 2.58. The first-order valence-corrected chi connectivity index (χ1v) is 4.97. The lowest BCUT2D eigenvalue weighted by Gasteiger charge is -2.10. The standard InChI is InChI=1S/C11H12FN3O/c1-6(2)7-4-3-5-8(12)9(7)10-14-15-11(13)16-10/h3-6H,1-2H3,(H2,13,15). The van der Waals surface area contributed by atoms with Gasteiger partial charge in [0, 0.05) is 0 Å². The summed E-state index contributed by atoms with van der Waals surface area (Å²) in [5.74, 6) is -0.0898. The predicted molar refractivity (Wildman–Crippen MR) is 58.2 cm³/mol. The molecule has 0 fully saturated rings. The van der Waals surface area contributed by atoms with Crippen molar-refractivity contribution in [2.45, 2.75) is 19.8 Å². The molecule has 0 bridgehead atoms. The maximum absolute atomic E-state index is 13.7. The van der Waals surface area contributed by atoms with E-state index in [1.165, 1.54) is 6.07 Å². The minimum Gasteiger partial charge on any atom is -0.403 e. The van der Waals surface area contributed by atoms with Crippen LogP contribution < -0.4 is 5.73 Å². The smallest absolute Gasteiger partial charge is 0.313 e. The van der Waals surface area contributed by atoms with Crippen LogP contribution in [-0.2, 0) is 0 Å². The number of halogens is 1. The normalized spacial score (nSPS) is 11.0. The molecule has 0 aliphatic heterocycles. The molecule has 16 heavy (non-hydrogen) atoms. The number of nitrogen functional groups attached to an aromatic ring is 1. The second-order valence-electron chi connectivity index (χ2n) is 3.80. The van der Waals surface area contributed by atoms with Gasteiger partial charge >= 0.3 is 6.01 Å². The molecule has 2 N–H and O–H groups in total. The molecule has 0 radical (unpaired) electrons. The molecule has 1 heterocycles. The summed E-state index contributed by atoms with van der Waals surface area (Å²) in [5.41, 5.74) is 6.49. The van der Waals surface area contributed by atoms with Crippen LogP contribution in [0.25, 0.3) is 11.5 Å². The van der Waals surface area contributed by atoms with Crippen molar-refractivity contribution in [2.75, 3.05) is 5.73 Å². The average molecular weight is 221 g/mol. The molecule has 0 amide bonds. The fraction of sp³-hybridized carbons (Fsp3) is 0.273. The Morgan fingerprint density at radius 2 is 2.06 bits per heavy atom. The lowest BCUT2D eigenvalue weighted by molar-refractivity contribution is 0.571. The van der Waals surface area contributed by atoms with E-state index >= 15 is 0 Å². The zero-order valence-electron chi connectivity index (χ0n) is 9.07. The maximum Gasteiger partial charge on any atom is 0.313 e. The molecular formula is C11H12FN3O. The summed E-state index contributed by atoms with van der Waals surface area (Å²) in [4.78, 5) is 0. The van der Waals surface area contributed by atoms with Crippen molar-refractivity contribution in [1.29, 1.82) is 0 Å². The van der Waals surface area contributed by atoms with Gasteiger partial charge in [0.05, 0.1) is 5.56 Å². The van der Waals surface area contributed by atoms with E-state index < -0.39 is 0 Å². The van der Waals surface area contributed by atoms with Crippen molar-refractivity contribution in [3.8, 4) is 11.5 Å². The van der Waals surface area contributed by atoms with Gasteiger partial charge in [-0.2, -0.15) is 0 Å². The van der Waals surface area contributed by atoms with Crippen LogP contribution in [-0.4, -0.2) is 10.2 Å². The van der Waals surface area contributed by atoms with Gasteiger partial charge in [0.25, 0.3) is 5.89 Å². The SMILES string of the molecule is CC(C)c1cccc(F)c1-c1nnc(N)o1. The van der Waals surface area contributed by atoms with Crippen LogP contribution in [0.3, 0.4) is 0 Å². The molecule has 2 rings (SSSR count). The molecule has 2 aromatic rings. The Hall–Kier alpha value is -1.91. The van der Waals surface area contributed by atoms with E-state index in [-0.39, 0.29) is 23.6 Å². The molecule has 0 atom stereocenters. The van der Waals surface area contributed by atoms with Crippen LogP contribution >= 0.6 is 0 Å². The number of nitrogens with two attached hydrogens (primary N) is 1.